The van der Waals surface area contributed by atoms with Crippen LogP contribution in [0.2, 0.25) is 0 Å². The van der Waals surface area contributed by atoms with Gasteiger partial charge in [0.25, 0.3) is 5.91 Å². The number of carbonyl (C=O) groups excluding carboxylic acids is 1. The molecule has 1 aromatic heterocycles. The van der Waals surface area contributed by atoms with E-state index < -0.39 is 0 Å². The Hall–Kier alpha value is -1.35. The van der Waals surface area contributed by atoms with Crippen molar-refractivity contribution in [1.29, 1.82) is 0 Å². The van der Waals surface area contributed by atoms with E-state index in [0.717, 1.165) is 36.4 Å². The number of piperidine rings is 1. The molecule has 1 amide bonds. The van der Waals surface area contributed by atoms with Gasteiger partial charge in [0.1, 0.15) is 4.88 Å². The lowest BCUT2D eigenvalue weighted by molar-refractivity contribution is 0.0353. The highest BCUT2D eigenvalue weighted by atomic mass is 32.1. The molecule has 0 radical (unpaired) electrons. The highest BCUT2D eigenvalue weighted by Crippen LogP contribution is 2.21. The van der Waals surface area contributed by atoms with E-state index >= 15 is 0 Å². The molecule has 2 rings (SSSR count). The number of nitrogens with two attached hydrogens (primary N) is 1. The maximum Gasteiger partial charge on any atom is 0.265 e. The number of amides is 1. The standard InChI is InChI=1S/C14H18N2O2S/c1-18-12-4-8-16(9-5-12)14(17)13-11(3-2-7-15)6-10-19-13/h6,10,12H,4-5,7-9,15H2,1H3. The molecule has 0 spiro atoms. The molecular weight excluding hydrogens is 260 g/mol. The highest BCUT2D eigenvalue weighted by Gasteiger charge is 2.25. The molecule has 1 aromatic rings. The van der Waals surface area contributed by atoms with E-state index in [1.165, 1.54) is 11.3 Å². The van der Waals surface area contributed by atoms with Crippen LogP contribution >= 0.6 is 11.3 Å². The highest BCUT2D eigenvalue weighted by molar-refractivity contribution is 7.12. The number of nitrogens with zero attached hydrogens (tertiary/aromatic N) is 1. The van der Waals surface area contributed by atoms with Gasteiger partial charge in [0, 0.05) is 25.8 Å². The van der Waals surface area contributed by atoms with Crippen LogP contribution in [0.3, 0.4) is 0 Å². The Labute approximate surface area is 117 Å². The van der Waals surface area contributed by atoms with Crippen molar-refractivity contribution in [3.05, 3.63) is 21.9 Å². The van der Waals surface area contributed by atoms with Gasteiger partial charge in [-0.3, -0.25) is 4.79 Å². The molecule has 1 saturated heterocycles. The van der Waals surface area contributed by atoms with Crippen molar-refractivity contribution in [2.45, 2.75) is 18.9 Å². The quantitative estimate of drug-likeness (QED) is 0.830. The average molecular weight is 278 g/mol. The van der Waals surface area contributed by atoms with Gasteiger partial charge in [-0.2, -0.15) is 0 Å². The molecule has 2 heterocycles. The number of hydrogen-bond acceptors (Lipinski definition) is 4. The predicted molar refractivity (Wildman–Crippen MR) is 76.2 cm³/mol. The van der Waals surface area contributed by atoms with Gasteiger partial charge in [-0.15, -0.1) is 11.3 Å². The molecule has 2 N–H and O–H groups in total. The molecule has 102 valence electrons. The summed E-state index contributed by atoms with van der Waals surface area (Å²) in [6.07, 6.45) is 2.08. The summed E-state index contributed by atoms with van der Waals surface area (Å²) < 4.78 is 5.32. The molecule has 1 fully saturated rings. The summed E-state index contributed by atoms with van der Waals surface area (Å²) in [4.78, 5) is 15.0. The van der Waals surface area contributed by atoms with Crippen LogP contribution in [0.5, 0.6) is 0 Å². The normalized spacial score (nSPS) is 16.0. The molecule has 0 unspecified atom stereocenters. The van der Waals surface area contributed by atoms with E-state index in [-0.39, 0.29) is 12.0 Å². The van der Waals surface area contributed by atoms with E-state index in [4.69, 9.17) is 10.5 Å². The first-order chi connectivity index (χ1) is 9.26. The summed E-state index contributed by atoms with van der Waals surface area (Å²) in [5.41, 5.74) is 6.15. The maximum absolute atomic E-state index is 12.4. The maximum atomic E-state index is 12.4. The van der Waals surface area contributed by atoms with Crippen LogP contribution in [0.25, 0.3) is 0 Å². The van der Waals surface area contributed by atoms with Crippen molar-refractivity contribution in [1.82, 2.24) is 4.90 Å². The SMILES string of the molecule is COC1CCN(C(=O)c2sccc2C#CCN)CC1. The Balaban J connectivity index is 2.06. The summed E-state index contributed by atoms with van der Waals surface area (Å²) >= 11 is 1.44. The number of hydrogen-bond donors (Lipinski definition) is 1. The summed E-state index contributed by atoms with van der Waals surface area (Å²) in [6.45, 7) is 1.81. The second-order valence-corrected chi connectivity index (χ2v) is 5.31. The lowest BCUT2D eigenvalue weighted by Gasteiger charge is -2.31. The van der Waals surface area contributed by atoms with Gasteiger partial charge >= 0.3 is 0 Å². The van der Waals surface area contributed by atoms with Crippen molar-refractivity contribution in [2.24, 2.45) is 5.73 Å². The van der Waals surface area contributed by atoms with Gasteiger partial charge in [-0.25, -0.2) is 0 Å². The van der Waals surface area contributed by atoms with Crippen LogP contribution in [0, 0.1) is 11.8 Å². The fourth-order valence-electron chi connectivity index (χ4n) is 2.16. The Kier molecular flexibility index (Phi) is 4.97. The Morgan fingerprint density at radius 2 is 2.32 bits per heavy atom. The fourth-order valence-corrected chi connectivity index (χ4v) is 2.97. The number of likely N-dealkylation sites (tertiary alicyclic amines) is 1. The second-order valence-electron chi connectivity index (χ2n) is 4.40. The van der Waals surface area contributed by atoms with Crippen LogP contribution in [-0.4, -0.2) is 43.7 Å². The summed E-state index contributed by atoms with van der Waals surface area (Å²) in [7, 11) is 1.72. The molecule has 19 heavy (non-hydrogen) atoms. The van der Waals surface area contributed by atoms with Crippen LogP contribution < -0.4 is 5.73 Å². The zero-order valence-electron chi connectivity index (χ0n) is 11.0. The van der Waals surface area contributed by atoms with Crippen LogP contribution in [-0.2, 0) is 4.74 Å². The predicted octanol–water partition coefficient (Wildman–Crippen LogP) is 1.31. The summed E-state index contributed by atoms with van der Waals surface area (Å²) in [5, 5.41) is 1.90. The van der Waals surface area contributed by atoms with Gasteiger partial charge in [-0.1, -0.05) is 11.8 Å². The molecule has 1 aliphatic rings. The largest absolute Gasteiger partial charge is 0.381 e. The lowest BCUT2D eigenvalue weighted by atomic mass is 10.1. The van der Waals surface area contributed by atoms with E-state index in [9.17, 15) is 4.79 Å². The first-order valence-corrected chi connectivity index (χ1v) is 7.22. The van der Waals surface area contributed by atoms with Crippen LogP contribution in [0.4, 0.5) is 0 Å². The number of rotatable bonds is 2. The van der Waals surface area contributed by atoms with Crippen LogP contribution in [0.15, 0.2) is 11.4 Å². The molecular formula is C14H18N2O2S. The number of methoxy groups -OCH3 is 1. The number of ether oxygens (including phenoxy) is 1. The minimum absolute atomic E-state index is 0.0749. The number of carbonyl (C=O) groups is 1. The Morgan fingerprint density at radius 1 is 1.58 bits per heavy atom. The molecule has 0 bridgehead atoms. The third kappa shape index (κ3) is 3.35. The molecule has 4 nitrogen and oxygen atoms in total. The molecule has 5 heteroatoms. The molecule has 0 saturated carbocycles. The third-order valence-corrected chi connectivity index (χ3v) is 4.15. The van der Waals surface area contributed by atoms with Gasteiger partial charge < -0.3 is 15.4 Å². The Morgan fingerprint density at radius 3 is 2.95 bits per heavy atom. The smallest absolute Gasteiger partial charge is 0.265 e. The van der Waals surface area contributed by atoms with E-state index in [0.29, 0.717) is 6.54 Å². The van der Waals surface area contributed by atoms with E-state index in [1.807, 2.05) is 16.3 Å². The Bertz CT molecular complexity index is 493. The molecule has 0 atom stereocenters. The van der Waals surface area contributed by atoms with Gasteiger partial charge in [0.05, 0.1) is 12.6 Å². The van der Waals surface area contributed by atoms with Crippen molar-refractivity contribution >= 4 is 17.2 Å². The van der Waals surface area contributed by atoms with Crippen molar-refractivity contribution in [2.75, 3.05) is 26.7 Å². The number of thiophene rings is 1. The van der Waals surface area contributed by atoms with E-state index in [1.54, 1.807) is 7.11 Å². The first-order valence-electron chi connectivity index (χ1n) is 6.34. The second kappa shape index (κ2) is 6.71. The topological polar surface area (TPSA) is 55.6 Å². The first kappa shape index (κ1) is 14.1. The molecule has 1 aliphatic heterocycles. The molecule has 0 aliphatic carbocycles. The summed E-state index contributed by atoms with van der Waals surface area (Å²) in [5.74, 6) is 5.83. The van der Waals surface area contributed by atoms with Gasteiger partial charge in [0.2, 0.25) is 0 Å². The van der Waals surface area contributed by atoms with Crippen molar-refractivity contribution in [3.8, 4) is 11.8 Å². The van der Waals surface area contributed by atoms with Crippen molar-refractivity contribution in [3.63, 3.8) is 0 Å². The summed E-state index contributed by atoms with van der Waals surface area (Å²) in [6, 6.07) is 1.88. The zero-order valence-corrected chi connectivity index (χ0v) is 11.8. The fraction of sp³-hybridized carbons (Fsp3) is 0.500. The van der Waals surface area contributed by atoms with Crippen molar-refractivity contribution < 1.29 is 9.53 Å². The third-order valence-electron chi connectivity index (χ3n) is 3.25. The minimum Gasteiger partial charge on any atom is -0.381 e. The van der Waals surface area contributed by atoms with E-state index in [2.05, 4.69) is 11.8 Å². The minimum atomic E-state index is 0.0749. The van der Waals surface area contributed by atoms with Gasteiger partial charge in [0.15, 0.2) is 0 Å². The van der Waals surface area contributed by atoms with Gasteiger partial charge in [-0.05, 0) is 24.3 Å². The lowest BCUT2D eigenvalue weighted by Crippen LogP contribution is -2.40. The zero-order chi connectivity index (χ0) is 13.7. The monoisotopic (exact) mass is 278 g/mol. The van der Waals surface area contributed by atoms with Crippen LogP contribution in [0.1, 0.15) is 28.1 Å². The molecule has 0 aromatic carbocycles. The average Bonchev–Trinajstić information content (AvgIpc) is 2.92.